The van der Waals surface area contributed by atoms with Crippen LogP contribution in [0.15, 0.2) is 108 Å². The number of hydrogen-bond acceptors (Lipinski definition) is 4. The molecule has 0 heterocycles. The van der Waals surface area contributed by atoms with Crippen molar-refractivity contribution in [3.05, 3.63) is 125 Å². The zero-order chi connectivity index (χ0) is 27.5. The van der Waals surface area contributed by atoms with E-state index in [9.17, 15) is 0 Å². The summed E-state index contributed by atoms with van der Waals surface area (Å²) in [5.74, 6) is 2.99. The predicted octanol–water partition coefficient (Wildman–Crippen LogP) is 9.42. The van der Waals surface area contributed by atoms with Gasteiger partial charge in [-0.25, -0.2) is 4.99 Å². The van der Waals surface area contributed by atoms with Crippen LogP contribution < -0.4 is 9.47 Å². The van der Waals surface area contributed by atoms with Crippen molar-refractivity contribution in [1.82, 2.24) is 4.90 Å². The summed E-state index contributed by atoms with van der Waals surface area (Å²) in [6.45, 7) is 5.96. The van der Waals surface area contributed by atoms with Gasteiger partial charge in [0.05, 0.1) is 19.9 Å². The van der Waals surface area contributed by atoms with E-state index in [1.807, 2.05) is 24.3 Å². The second-order valence-corrected chi connectivity index (χ2v) is 10.5. The number of nitrogens with zero attached hydrogens (tertiary/aromatic N) is 2. The van der Waals surface area contributed by atoms with Gasteiger partial charge in [0.15, 0.2) is 5.17 Å². The van der Waals surface area contributed by atoms with Crippen molar-refractivity contribution >= 4 is 39.6 Å². The molecule has 0 fully saturated rings. The first-order valence-electron chi connectivity index (χ1n) is 13.4. The summed E-state index contributed by atoms with van der Waals surface area (Å²) in [6, 6.07) is 35.8. The van der Waals surface area contributed by atoms with E-state index in [0.717, 1.165) is 47.6 Å². The molecule has 0 aromatic heterocycles. The molecular formula is C34H39BrN2O2S. The summed E-state index contributed by atoms with van der Waals surface area (Å²) in [5.41, 5.74) is 6.00. The number of ether oxygens (including phenoxy) is 2. The van der Waals surface area contributed by atoms with Crippen LogP contribution in [-0.2, 0) is 18.8 Å². The van der Waals surface area contributed by atoms with Crippen LogP contribution in [0.1, 0.15) is 48.4 Å². The third kappa shape index (κ3) is 8.90. The Labute approximate surface area is 254 Å². The van der Waals surface area contributed by atoms with Crippen molar-refractivity contribution in [1.29, 1.82) is 0 Å². The SMILES string of the molecule is Br.CCC(C)c1ccccc1N=C(SCc1ccccc1)N(Cc1ccc(OC)cc1)Cc1ccc(OC)cc1. The highest BCUT2D eigenvalue weighted by molar-refractivity contribution is 8.93. The molecule has 0 N–H and O–H groups in total. The van der Waals surface area contributed by atoms with Gasteiger partial charge in [0, 0.05) is 18.8 Å². The zero-order valence-corrected chi connectivity index (χ0v) is 26.3. The standard InChI is InChI=1S/C34H38N2O2S.BrH/c1-5-26(2)32-13-9-10-14-33(32)35-34(39-25-29-11-7-6-8-12-29)36(23-27-15-19-30(37-3)20-16-27)24-28-17-21-31(38-4)22-18-28;/h6-22,26H,5,23-25H2,1-4H3;1H. The third-order valence-corrected chi connectivity index (χ3v) is 7.93. The predicted molar refractivity (Wildman–Crippen MR) is 176 cm³/mol. The highest BCUT2D eigenvalue weighted by Gasteiger charge is 2.17. The van der Waals surface area contributed by atoms with E-state index in [0.29, 0.717) is 5.92 Å². The molecule has 0 aliphatic heterocycles. The van der Waals surface area contributed by atoms with Crippen molar-refractivity contribution < 1.29 is 9.47 Å². The number of benzene rings is 4. The largest absolute Gasteiger partial charge is 0.497 e. The quantitative estimate of drug-likeness (QED) is 0.124. The van der Waals surface area contributed by atoms with E-state index in [2.05, 4.69) is 97.6 Å². The number of methoxy groups -OCH3 is 2. The number of aliphatic imine (C=N–C) groups is 1. The van der Waals surface area contributed by atoms with E-state index in [1.54, 1.807) is 26.0 Å². The molecule has 40 heavy (non-hydrogen) atoms. The fourth-order valence-electron chi connectivity index (χ4n) is 4.34. The van der Waals surface area contributed by atoms with Gasteiger partial charge in [0.1, 0.15) is 11.5 Å². The van der Waals surface area contributed by atoms with Gasteiger partial charge in [0.2, 0.25) is 0 Å². The number of rotatable bonds is 11. The van der Waals surface area contributed by atoms with E-state index in [4.69, 9.17) is 14.5 Å². The van der Waals surface area contributed by atoms with Crippen LogP contribution in [0.2, 0.25) is 0 Å². The van der Waals surface area contributed by atoms with Crippen LogP contribution in [0.4, 0.5) is 5.69 Å². The maximum absolute atomic E-state index is 5.40. The minimum atomic E-state index is 0. The molecule has 0 radical (unpaired) electrons. The first kappa shape index (κ1) is 31.3. The number of thioether (sulfide) groups is 1. The van der Waals surface area contributed by atoms with Gasteiger partial charge in [-0.1, -0.05) is 98.4 Å². The topological polar surface area (TPSA) is 34.1 Å². The fourth-order valence-corrected chi connectivity index (χ4v) is 5.30. The summed E-state index contributed by atoms with van der Waals surface area (Å²) >= 11 is 1.79. The Kier molecular flexibility index (Phi) is 12.6. The van der Waals surface area contributed by atoms with E-state index in [1.165, 1.54) is 22.3 Å². The van der Waals surface area contributed by atoms with Crippen LogP contribution >= 0.6 is 28.7 Å². The average molecular weight is 620 g/mol. The lowest BCUT2D eigenvalue weighted by atomic mass is 9.97. The Bertz CT molecular complexity index is 1280. The first-order chi connectivity index (χ1) is 19.1. The summed E-state index contributed by atoms with van der Waals surface area (Å²) < 4.78 is 10.8. The van der Waals surface area contributed by atoms with Crippen molar-refractivity contribution in [3.63, 3.8) is 0 Å². The molecule has 4 nitrogen and oxygen atoms in total. The molecule has 1 atom stereocenters. The summed E-state index contributed by atoms with van der Waals surface area (Å²) in [7, 11) is 3.40. The molecule has 0 spiro atoms. The number of halogens is 1. The highest BCUT2D eigenvalue weighted by Crippen LogP contribution is 2.32. The average Bonchev–Trinajstić information content (AvgIpc) is 3.00. The molecule has 6 heteroatoms. The van der Waals surface area contributed by atoms with Gasteiger partial charge in [-0.05, 0) is 64.9 Å². The summed E-state index contributed by atoms with van der Waals surface area (Å²) in [5, 5.41) is 1.00. The van der Waals surface area contributed by atoms with Gasteiger partial charge in [-0.15, -0.1) is 17.0 Å². The molecule has 0 saturated heterocycles. The van der Waals surface area contributed by atoms with Gasteiger partial charge in [-0.2, -0.15) is 0 Å². The van der Waals surface area contributed by atoms with E-state index in [-0.39, 0.29) is 17.0 Å². The monoisotopic (exact) mass is 618 g/mol. The van der Waals surface area contributed by atoms with Crippen LogP contribution in [-0.4, -0.2) is 24.3 Å². The van der Waals surface area contributed by atoms with Crippen molar-refractivity contribution in [3.8, 4) is 11.5 Å². The smallest absolute Gasteiger partial charge is 0.165 e. The third-order valence-electron chi connectivity index (χ3n) is 6.84. The van der Waals surface area contributed by atoms with Gasteiger partial charge in [-0.3, -0.25) is 0 Å². The van der Waals surface area contributed by atoms with Crippen LogP contribution in [0.5, 0.6) is 11.5 Å². The van der Waals surface area contributed by atoms with E-state index < -0.39 is 0 Å². The fraction of sp³-hybridized carbons (Fsp3) is 0.265. The van der Waals surface area contributed by atoms with Crippen LogP contribution in [0.25, 0.3) is 0 Å². The zero-order valence-electron chi connectivity index (χ0n) is 23.7. The molecular weight excluding hydrogens is 580 g/mol. The van der Waals surface area contributed by atoms with Crippen molar-refractivity contribution in [2.45, 2.75) is 45.0 Å². The lowest BCUT2D eigenvalue weighted by molar-refractivity contribution is 0.405. The Morgan fingerprint density at radius 2 is 1.25 bits per heavy atom. The number of amidine groups is 1. The molecule has 210 valence electrons. The highest BCUT2D eigenvalue weighted by atomic mass is 79.9. The lowest BCUT2D eigenvalue weighted by Crippen LogP contribution is -2.28. The molecule has 0 bridgehead atoms. The maximum atomic E-state index is 5.40. The van der Waals surface area contributed by atoms with Gasteiger partial charge >= 0.3 is 0 Å². The Morgan fingerprint density at radius 3 is 1.77 bits per heavy atom. The molecule has 0 amide bonds. The Morgan fingerprint density at radius 1 is 0.725 bits per heavy atom. The van der Waals surface area contributed by atoms with E-state index >= 15 is 0 Å². The van der Waals surface area contributed by atoms with Gasteiger partial charge in [0.25, 0.3) is 0 Å². The second-order valence-electron chi connectivity index (χ2n) is 9.59. The molecule has 0 aliphatic carbocycles. The maximum Gasteiger partial charge on any atom is 0.165 e. The first-order valence-corrected chi connectivity index (χ1v) is 14.4. The lowest BCUT2D eigenvalue weighted by Gasteiger charge is -2.27. The van der Waals surface area contributed by atoms with Crippen LogP contribution in [0.3, 0.4) is 0 Å². The number of para-hydroxylation sites is 1. The van der Waals surface area contributed by atoms with Crippen molar-refractivity contribution in [2.24, 2.45) is 4.99 Å². The molecule has 4 aromatic rings. The summed E-state index contributed by atoms with van der Waals surface area (Å²) in [4.78, 5) is 7.74. The van der Waals surface area contributed by atoms with Crippen molar-refractivity contribution in [2.75, 3.05) is 14.2 Å². The normalized spacial score (nSPS) is 11.8. The molecule has 0 saturated carbocycles. The molecule has 1 unspecified atom stereocenters. The summed E-state index contributed by atoms with van der Waals surface area (Å²) in [6.07, 6.45) is 1.07. The Hall–Kier alpha value is -3.22. The minimum absolute atomic E-state index is 0. The van der Waals surface area contributed by atoms with Gasteiger partial charge < -0.3 is 14.4 Å². The Balaban J connectivity index is 0.00000441. The minimum Gasteiger partial charge on any atom is -0.497 e. The molecule has 0 aliphatic rings. The van der Waals surface area contributed by atoms with Crippen LogP contribution in [0, 0.1) is 0 Å². The molecule has 4 aromatic carbocycles. The molecule has 4 rings (SSSR count). The second kappa shape index (κ2) is 16.1. The number of hydrogen-bond donors (Lipinski definition) is 0.